The number of rotatable bonds is 9. The summed E-state index contributed by atoms with van der Waals surface area (Å²) >= 11 is 0. The smallest absolute Gasteiger partial charge is 0.320 e. The van der Waals surface area contributed by atoms with Crippen LogP contribution in [0.3, 0.4) is 0 Å². The largest absolute Gasteiger partial charge is 0.480 e. The zero-order valence-electron chi connectivity index (χ0n) is 11.2. The number of carbonyl (C=O) groups is 1. The van der Waals surface area contributed by atoms with Crippen LogP contribution >= 0.6 is 0 Å². The van der Waals surface area contributed by atoms with Crippen LogP contribution in [-0.2, 0) is 4.79 Å². The quantitative estimate of drug-likeness (QED) is 0.230. The number of alkyl halides is 1. The van der Waals surface area contributed by atoms with Crippen LogP contribution in [0, 0.1) is 0 Å². The Hall–Kier alpha value is -0.840. The molecule has 122 valence electrons. The highest BCUT2D eigenvalue weighted by atomic mass is 19.1. The molecule has 0 rings (SSSR count). The van der Waals surface area contributed by atoms with Crippen molar-refractivity contribution in [3.05, 3.63) is 0 Å². The fourth-order valence-corrected chi connectivity index (χ4v) is 1.09. The molecule has 0 bridgehead atoms. The first-order valence-electron chi connectivity index (χ1n) is 6.22. The molecule has 9 heteroatoms. The van der Waals surface area contributed by atoms with Crippen molar-refractivity contribution in [2.45, 2.75) is 43.7 Å². The molecule has 0 saturated heterocycles. The van der Waals surface area contributed by atoms with Gasteiger partial charge in [0, 0.05) is 0 Å². The van der Waals surface area contributed by atoms with Gasteiger partial charge < -0.3 is 37.0 Å². The minimum absolute atomic E-state index is 0.520. The second kappa shape index (κ2) is 13.2. The monoisotopic (exact) mass is 300 g/mol. The number of carboxylic acids is 1. The first kappa shape index (κ1) is 21.5. The third-order valence-electron chi connectivity index (χ3n) is 2.40. The van der Waals surface area contributed by atoms with E-state index in [1.807, 2.05) is 0 Å². The van der Waals surface area contributed by atoms with Crippen molar-refractivity contribution in [3.63, 3.8) is 0 Å². The van der Waals surface area contributed by atoms with Crippen LogP contribution in [0.25, 0.3) is 0 Å². The molecule has 0 aromatic heterocycles. The third kappa shape index (κ3) is 11.0. The lowest BCUT2D eigenvalue weighted by Crippen LogP contribution is -2.38. The zero-order valence-corrected chi connectivity index (χ0v) is 11.2. The average molecular weight is 300 g/mol. The molecule has 4 atom stereocenters. The lowest BCUT2D eigenvalue weighted by atomic mass is 10.1. The summed E-state index contributed by atoms with van der Waals surface area (Å²) in [5.74, 6) is -0.933. The molecule has 8 nitrogen and oxygen atoms in total. The van der Waals surface area contributed by atoms with Gasteiger partial charge in [-0.3, -0.25) is 4.79 Å². The summed E-state index contributed by atoms with van der Waals surface area (Å²) in [6.07, 6.45) is -3.07. The number of carboxylic acid groups (broad SMARTS) is 1. The van der Waals surface area contributed by atoms with Crippen molar-refractivity contribution in [2.75, 3.05) is 19.8 Å². The van der Waals surface area contributed by atoms with Crippen molar-refractivity contribution >= 4 is 5.97 Å². The molecule has 9 N–H and O–H groups in total. The Bertz CT molecular complexity index is 237. The summed E-state index contributed by atoms with van der Waals surface area (Å²) in [6, 6.07) is -0.716. The molecule has 0 aliphatic heterocycles. The SMILES string of the molecule is NCCCC[C@H](N)C(=O)O.OC[C@@H](O)C(F)[C@@H](O)CO. The lowest BCUT2D eigenvalue weighted by Gasteiger charge is -2.16. The zero-order chi connectivity index (χ0) is 16.1. The molecular weight excluding hydrogens is 275 g/mol. The minimum Gasteiger partial charge on any atom is -0.480 e. The first-order valence-corrected chi connectivity index (χ1v) is 6.22. The van der Waals surface area contributed by atoms with Gasteiger partial charge in [0.15, 0.2) is 6.17 Å². The van der Waals surface area contributed by atoms with Gasteiger partial charge in [-0.1, -0.05) is 6.42 Å². The van der Waals surface area contributed by atoms with Crippen LogP contribution in [0.1, 0.15) is 19.3 Å². The van der Waals surface area contributed by atoms with Gasteiger partial charge in [0.25, 0.3) is 0 Å². The van der Waals surface area contributed by atoms with E-state index < -0.39 is 43.6 Å². The van der Waals surface area contributed by atoms with E-state index in [0.717, 1.165) is 12.8 Å². The van der Waals surface area contributed by atoms with Gasteiger partial charge in [0.1, 0.15) is 18.2 Å². The molecular formula is C11H25FN2O6. The molecule has 0 heterocycles. The lowest BCUT2D eigenvalue weighted by molar-refractivity contribution is -0.138. The second-order valence-electron chi connectivity index (χ2n) is 4.17. The molecule has 0 radical (unpaired) electrons. The summed E-state index contributed by atoms with van der Waals surface area (Å²) in [4.78, 5) is 10.1. The van der Waals surface area contributed by atoms with E-state index in [1.54, 1.807) is 0 Å². The number of hydrogen-bond donors (Lipinski definition) is 7. The van der Waals surface area contributed by atoms with E-state index in [2.05, 4.69) is 0 Å². The fraction of sp³-hybridized carbons (Fsp3) is 0.909. The Labute approximate surface area is 116 Å². The molecule has 20 heavy (non-hydrogen) atoms. The van der Waals surface area contributed by atoms with E-state index in [0.29, 0.717) is 13.0 Å². The third-order valence-corrected chi connectivity index (χ3v) is 2.40. The molecule has 0 aromatic carbocycles. The van der Waals surface area contributed by atoms with Gasteiger partial charge in [0.05, 0.1) is 13.2 Å². The molecule has 0 amide bonds. The molecule has 1 unspecified atom stereocenters. The molecule has 0 fully saturated rings. The van der Waals surface area contributed by atoms with Crippen molar-refractivity contribution in [2.24, 2.45) is 11.5 Å². The van der Waals surface area contributed by atoms with Crippen LogP contribution in [0.15, 0.2) is 0 Å². The Balaban J connectivity index is 0. The summed E-state index contributed by atoms with van der Waals surface area (Å²) in [5.41, 5.74) is 10.4. The number of aliphatic hydroxyl groups excluding tert-OH is 4. The van der Waals surface area contributed by atoms with Crippen molar-refractivity contribution in [1.29, 1.82) is 0 Å². The number of aliphatic carboxylic acids is 1. The number of hydrogen-bond acceptors (Lipinski definition) is 7. The standard InChI is InChI=1S/C6H14N2O2.C5H11FO4/c7-4-2-1-3-5(8)6(9)10;6-5(3(9)1-7)4(10)2-8/h5H,1-4,7-8H2,(H,9,10);3-5,7-10H,1-2H2/t5-;3-,4+,5?/m0./s1. The molecule has 0 aromatic rings. The average Bonchev–Trinajstić information content (AvgIpc) is 2.45. The van der Waals surface area contributed by atoms with Crippen LogP contribution in [0.2, 0.25) is 0 Å². The van der Waals surface area contributed by atoms with Crippen molar-refractivity contribution in [1.82, 2.24) is 0 Å². The fourth-order valence-electron chi connectivity index (χ4n) is 1.09. The van der Waals surface area contributed by atoms with Gasteiger partial charge in [-0.05, 0) is 19.4 Å². The Kier molecular flexibility index (Phi) is 14.1. The number of unbranched alkanes of at least 4 members (excludes halogenated alkanes) is 1. The number of nitrogens with two attached hydrogens (primary N) is 2. The normalized spacial score (nSPS) is 16.6. The first-order chi connectivity index (χ1) is 9.31. The number of aliphatic hydroxyl groups is 4. The van der Waals surface area contributed by atoms with E-state index in [4.69, 9.17) is 37.0 Å². The maximum Gasteiger partial charge on any atom is 0.320 e. The van der Waals surface area contributed by atoms with E-state index in [-0.39, 0.29) is 0 Å². The Morgan fingerprint density at radius 3 is 1.85 bits per heavy atom. The summed E-state index contributed by atoms with van der Waals surface area (Å²) in [5, 5.41) is 41.7. The van der Waals surface area contributed by atoms with Crippen molar-refractivity contribution in [3.8, 4) is 0 Å². The summed E-state index contributed by atoms with van der Waals surface area (Å²) < 4.78 is 12.4. The Morgan fingerprint density at radius 1 is 1.10 bits per heavy atom. The van der Waals surface area contributed by atoms with E-state index >= 15 is 0 Å². The predicted molar refractivity (Wildman–Crippen MR) is 69.6 cm³/mol. The summed E-state index contributed by atoms with van der Waals surface area (Å²) in [7, 11) is 0. The van der Waals surface area contributed by atoms with Gasteiger partial charge >= 0.3 is 5.97 Å². The van der Waals surface area contributed by atoms with Gasteiger partial charge in [0.2, 0.25) is 0 Å². The van der Waals surface area contributed by atoms with Gasteiger partial charge in [-0.15, -0.1) is 0 Å². The highest BCUT2D eigenvalue weighted by molar-refractivity contribution is 5.72. The minimum atomic E-state index is -1.99. The van der Waals surface area contributed by atoms with Crippen LogP contribution in [0.4, 0.5) is 4.39 Å². The van der Waals surface area contributed by atoms with E-state index in [1.165, 1.54) is 0 Å². The molecule has 0 spiro atoms. The van der Waals surface area contributed by atoms with Gasteiger partial charge in [-0.2, -0.15) is 0 Å². The highest BCUT2D eigenvalue weighted by Gasteiger charge is 2.25. The van der Waals surface area contributed by atoms with E-state index in [9.17, 15) is 9.18 Å². The van der Waals surface area contributed by atoms with Crippen LogP contribution in [-0.4, -0.2) is 75.7 Å². The van der Waals surface area contributed by atoms with Crippen LogP contribution in [0.5, 0.6) is 0 Å². The molecule has 0 aliphatic carbocycles. The molecule has 0 saturated carbocycles. The molecule has 0 aliphatic rings. The number of halogens is 1. The predicted octanol–water partition coefficient (Wildman–Crippen LogP) is -2.44. The maximum absolute atomic E-state index is 12.4. The van der Waals surface area contributed by atoms with Gasteiger partial charge in [-0.25, -0.2) is 4.39 Å². The second-order valence-corrected chi connectivity index (χ2v) is 4.17. The van der Waals surface area contributed by atoms with Crippen LogP contribution < -0.4 is 11.5 Å². The maximum atomic E-state index is 12.4. The Morgan fingerprint density at radius 2 is 1.55 bits per heavy atom. The van der Waals surface area contributed by atoms with Crippen molar-refractivity contribution < 1.29 is 34.7 Å². The summed E-state index contributed by atoms with van der Waals surface area (Å²) in [6.45, 7) is -0.928. The topological polar surface area (TPSA) is 170 Å². The highest BCUT2D eigenvalue weighted by Crippen LogP contribution is 2.03.